The summed E-state index contributed by atoms with van der Waals surface area (Å²) in [5.41, 5.74) is -2.85. The number of amides is 2. The average Bonchev–Trinajstić information content (AvgIpc) is 2.96. The van der Waals surface area contributed by atoms with Gasteiger partial charge in [-0.2, -0.15) is 39.5 Å². The molecule has 4 rings (SSSR count). The molecule has 0 saturated carbocycles. The first-order valence-electron chi connectivity index (χ1n) is 13.6. The Morgan fingerprint density at radius 3 is 1.77 bits per heavy atom. The molecular weight excluding hydrogens is 603 g/mol. The number of carbonyl (C=O) groups is 2. The van der Waals surface area contributed by atoms with Gasteiger partial charge in [0, 0.05) is 30.7 Å². The third-order valence-electron chi connectivity index (χ3n) is 7.53. The van der Waals surface area contributed by atoms with E-state index < -0.39 is 59.1 Å². The van der Waals surface area contributed by atoms with Crippen LogP contribution in [0.15, 0.2) is 78.9 Å². The monoisotopic (exact) mass is 630 g/mol. The summed E-state index contributed by atoms with van der Waals surface area (Å²) in [7, 11) is 0. The van der Waals surface area contributed by atoms with Crippen LogP contribution in [0, 0.1) is 0 Å². The second kappa shape index (κ2) is 12.9. The smallest absolute Gasteiger partial charge is 0.335 e. The number of piperidine rings is 1. The highest BCUT2D eigenvalue weighted by molar-refractivity contribution is 5.95. The Balaban J connectivity index is 1.68. The third-order valence-corrected chi connectivity index (χ3v) is 7.53. The van der Waals surface area contributed by atoms with Crippen LogP contribution in [0.1, 0.15) is 45.5 Å². The Morgan fingerprint density at radius 1 is 0.750 bits per heavy atom. The summed E-state index contributed by atoms with van der Waals surface area (Å²) in [6.45, 7) is -0.590. The molecule has 0 spiro atoms. The van der Waals surface area contributed by atoms with Crippen LogP contribution in [0.5, 0.6) is 0 Å². The highest BCUT2D eigenvalue weighted by Gasteiger charge is 2.46. The van der Waals surface area contributed by atoms with E-state index in [1.54, 1.807) is 60.7 Å². The lowest BCUT2D eigenvalue weighted by Gasteiger charge is -2.44. The molecule has 236 valence electrons. The highest BCUT2D eigenvalue weighted by Crippen LogP contribution is 2.37. The van der Waals surface area contributed by atoms with E-state index in [0.717, 1.165) is 4.90 Å². The minimum Gasteiger partial charge on any atom is -0.335 e. The molecule has 1 aliphatic heterocycles. The van der Waals surface area contributed by atoms with Crippen molar-refractivity contribution in [3.05, 3.63) is 107 Å². The van der Waals surface area contributed by atoms with Crippen LogP contribution in [0.25, 0.3) is 0 Å². The second-order valence-electron chi connectivity index (χ2n) is 10.5. The number of hydrogen-bond acceptors (Lipinski definition) is 2. The molecule has 0 bridgehead atoms. The normalized spacial score (nSPS) is 17.8. The van der Waals surface area contributed by atoms with Gasteiger partial charge in [-0.15, -0.1) is 0 Å². The minimum absolute atomic E-state index is 0.0426. The van der Waals surface area contributed by atoms with Crippen molar-refractivity contribution in [1.29, 1.82) is 0 Å². The minimum atomic E-state index is -5.19. The van der Waals surface area contributed by atoms with Gasteiger partial charge in [0.1, 0.15) is 0 Å². The average molecular weight is 631 g/mol. The van der Waals surface area contributed by atoms with Crippen LogP contribution in [0.2, 0.25) is 0 Å². The highest BCUT2D eigenvalue weighted by atomic mass is 19.4. The maximum atomic E-state index is 13.7. The van der Waals surface area contributed by atoms with Gasteiger partial charge in [-0.05, 0) is 55.0 Å². The lowest BCUT2D eigenvalue weighted by Crippen LogP contribution is -2.56. The molecule has 1 heterocycles. The quantitative estimate of drug-likeness (QED) is 0.253. The van der Waals surface area contributed by atoms with Crippen LogP contribution in [0.4, 0.5) is 39.5 Å². The molecule has 1 fully saturated rings. The summed E-state index contributed by atoms with van der Waals surface area (Å²) in [4.78, 5) is 27.9. The van der Waals surface area contributed by atoms with Crippen LogP contribution in [0.3, 0.4) is 0 Å². The van der Waals surface area contributed by atoms with E-state index in [9.17, 15) is 49.1 Å². The van der Waals surface area contributed by atoms with Crippen molar-refractivity contribution in [2.24, 2.45) is 0 Å². The van der Waals surface area contributed by atoms with Gasteiger partial charge in [-0.3, -0.25) is 9.59 Å². The second-order valence-corrected chi connectivity index (χ2v) is 10.5. The molecule has 1 aliphatic rings. The lowest BCUT2D eigenvalue weighted by molar-refractivity contribution is -0.188. The zero-order valence-electron chi connectivity index (χ0n) is 23.0. The Labute approximate surface area is 247 Å². The summed E-state index contributed by atoms with van der Waals surface area (Å²) in [5, 5.41) is 0. The SMILES string of the molecule is O=C(c1cc(C(F)(F)F)cc(C(F)(F)F)c1)N1CCC(N(CCc2ccccc2)C(=O)C(F)(F)F)CC1Cc1ccccc1. The fourth-order valence-corrected chi connectivity index (χ4v) is 5.41. The van der Waals surface area contributed by atoms with Gasteiger partial charge in [0.05, 0.1) is 11.1 Å². The predicted molar refractivity (Wildman–Crippen MR) is 142 cm³/mol. The number of rotatable bonds is 7. The van der Waals surface area contributed by atoms with Gasteiger partial charge in [-0.1, -0.05) is 60.7 Å². The van der Waals surface area contributed by atoms with Crippen molar-refractivity contribution in [3.8, 4) is 0 Å². The summed E-state index contributed by atoms with van der Waals surface area (Å²) >= 11 is 0. The van der Waals surface area contributed by atoms with E-state index in [2.05, 4.69) is 0 Å². The van der Waals surface area contributed by atoms with Crippen LogP contribution >= 0.6 is 0 Å². The molecule has 2 atom stereocenters. The van der Waals surface area contributed by atoms with Crippen molar-refractivity contribution in [1.82, 2.24) is 9.80 Å². The van der Waals surface area contributed by atoms with E-state index in [1.807, 2.05) is 0 Å². The number of nitrogens with zero attached hydrogens (tertiary/aromatic N) is 2. The first-order chi connectivity index (χ1) is 20.5. The molecule has 0 radical (unpaired) electrons. The van der Waals surface area contributed by atoms with Gasteiger partial charge in [-0.25, -0.2) is 0 Å². The summed E-state index contributed by atoms with van der Waals surface area (Å²) in [6, 6.07) is 15.5. The van der Waals surface area contributed by atoms with Gasteiger partial charge in [0.2, 0.25) is 0 Å². The van der Waals surface area contributed by atoms with Crippen molar-refractivity contribution in [2.45, 2.75) is 56.3 Å². The fourth-order valence-electron chi connectivity index (χ4n) is 5.41. The molecule has 0 N–H and O–H groups in total. The molecule has 3 aromatic carbocycles. The first kappa shape index (κ1) is 32.9. The summed E-state index contributed by atoms with van der Waals surface area (Å²) in [6.07, 6.45) is -15.7. The van der Waals surface area contributed by atoms with Gasteiger partial charge in [0.25, 0.3) is 5.91 Å². The number of halogens is 9. The zero-order chi connectivity index (χ0) is 32.3. The molecule has 44 heavy (non-hydrogen) atoms. The molecule has 0 aromatic heterocycles. The molecule has 13 heteroatoms. The van der Waals surface area contributed by atoms with E-state index in [4.69, 9.17) is 0 Å². The summed E-state index contributed by atoms with van der Waals surface area (Å²) < 4.78 is 122. The first-order valence-corrected chi connectivity index (χ1v) is 13.6. The Morgan fingerprint density at radius 2 is 1.27 bits per heavy atom. The Bertz CT molecular complexity index is 1410. The van der Waals surface area contributed by atoms with Crippen LogP contribution < -0.4 is 0 Å². The molecule has 1 saturated heterocycles. The number of likely N-dealkylation sites (tertiary alicyclic amines) is 1. The Kier molecular flexibility index (Phi) is 9.65. The molecule has 2 amide bonds. The van der Waals surface area contributed by atoms with E-state index in [0.29, 0.717) is 28.2 Å². The van der Waals surface area contributed by atoms with E-state index in [-0.39, 0.29) is 44.8 Å². The van der Waals surface area contributed by atoms with Crippen LogP contribution in [-0.4, -0.2) is 53.0 Å². The molecular formula is C31H27F9N2O2. The maximum absolute atomic E-state index is 13.7. The van der Waals surface area contributed by atoms with E-state index in [1.165, 1.54) is 0 Å². The van der Waals surface area contributed by atoms with Gasteiger partial charge in [0.15, 0.2) is 0 Å². The van der Waals surface area contributed by atoms with Crippen molar-refractivity contribution in [2.75, 3.05) is 13.1 Å². The fraction of sp³-hybridized carbons (Fsp3) is 0.355. The number of hydrogen-bond donors (Lipinski definition) is 0. The van der Waals surface area contributed by atoms with Crippen molar-refractivity contribution in [3.63, 3.8) is 0 Å². The number of carbonyl (C=O) groups excluding carboxylic acids is 2. The summed E-state index contributed by atoms with van der Waals surface area (Å²) in [5.74, 6) is -3.19. The molecule has 2 unspecified atom stereocenters. The zero-order valence-corrected chi connectivity index (χ0v) is 23.0. The van der Waals surface area contributed by atoms with Crippen molar-refractivity contribution < 1.29 is 49.1 Å². The van der Waals surface area contributed by atoms with Crippen LogP contribution in [-0.2, 0) is 30.0 Å². The third kappa shape index (κ3) is 8.11. The molecule has 3 aromatic rings. The Hall–Kier alpha value is -4.03. The van der Waals surface area contributed by atoms with Gasteiger partial charge < -0.3 is 9.80 Å². The predicted octanol–water partition coefficient (Wildman–Crippen LogP) is 7.57. The topological polar surface area (TPSA) is 40.6 Å². The number of alkyl halides is 9. The lowest BCUT2D eigenvalue weighted by atomic mass is 9.90. The maximum Gasteiger partial charge on any atom is 0.471 e. The van der Waals surface area contributed by atoms with Gasteiger partial charge >= 0.3 is 24.4 Å². The van der Waals surface area contributed by atoms with E-state index >= 15 is 0 Å². The molecule has 0 aliphatic carbocycles. The largest absolute Gasteiger partial charge is 0.471 e. The number of benzene rings is 3. The molecule has 4 nitrogen and oxygen atoms in total. The standard InChI is InChI=1S/C31H27F9N2O2/c32-29(33,34)23-16-22(17-24(18-23)30(35,36)37)27(43)41-14-12-25(19-26(41)15-21-9-5-2-6-10-21)42(28(44)31(38,39)40)13-11-20-7-3-1-4-8-20/h1-10,16-18,25-26H,11-15,19H2. The van der Waals surface area contributed by atoms with Crippen molar-refractivity contribution >= 4 is 11.8 Å².